The number of fused-ring (bicyclic) bond motifs is 1. The van der Waals surface area contributed by atoms with Gasteiger partial charge in [0.05, 0.1) is 30.8 Å². The number of ketones is 1. The van der Waals surface area contributed by atoms with Crippen LogP contribution >= 0.6 is 0 Å². The number of Topliss-reactive ketones (excluding diaryl/α,β-unsaturated/α-hetero) is 1. The number of ether oxygens (including phenoxy) is 1. The standard InChI is InChI=1S/C62H86FN9O7/c1-43-14-18-48(34-51(43)49-11-8-22-72(38-49)58(75)42-79-41-45-15-16-45)59(76)64-36-53(47-9-4-3-5-10-47)56(73)39-69-27-25-68(26-28-69)37-44-20-23-67(24-21-44)40-57(74)70-29-31-71(32-30-70)61(78)52-33-46(17-19-55(52)63)35-62(2)54-13-7-6-12-50(54)60(77)65-66-62/h6-7,12-14,17-19,33-34,43-45,47,49,51,53,66H,3-5,8-11,15-16,20-32,35-42H2,1-2H3,(H,64,76)(H,65,77)/t43?,49?,51?,53-,62?/m1/s1. The van der Waals surface area contributed by atoms with E-state index < -0.39 is 11.4 Å². The van der Waals surface area contributed by atoms with Crippen LogP contribution in [0, 0.1) is 47.2 Å². The van der Waals surface area contributed by atoms with Gasteiger partial charge in [-0.2, -0.15) is 0 Å². The van der Waals surface area contributed by atoms with Gasteiger partial charge >= 0.3 is 0 Å². The first-order chi connectivity index (χ1) is 38.3. The number of amides is 5. The molecule has 16 nitrogen and oxygen atoms in total. The van der Waals surface area contributed by atoms with E-state index >= 15 is 4.39 Å². The fraction of sp³-hybridized carbons (Fsp3) is 0.645. The zero-order chi connectivity index (χ0) is 55.0. The number of likely N-dealkylation sites (tertiary alicyclic amines) is 2. The van der Waals surface area contributed by atoms with Crippen molar-refractivity contribution in [2.24, 2.45) is 41.4 Å². The Morgan fingerprint density at radius 2 is 1.48 bits per heavy atom. The van der Waals surface area contributed by atoms with E-state index in [1.807, 2.05) is 41.0 Å². The smallest absolute Gasteiger partial charge is 0.265 e. The maximum atomic E-state index is 15.3. The number of hydrogen-bond acceptors (Lipinski definition) is 11. The molecule has 5 atom stereocenters. The van der Waals surface area contributed by atoms with Crippen molar-refractivity contribution < 1.29 is 37.9 Å². The number of hydrogen-bond donors (Lipinski definition) is 3. The number of benzene rings is 2. The summed E-state index contributed by atoms with van der Waals surface area (Å²) in [5.74, 6) is 1.02. The minimum Gasteiger partial charge on any atom is -0.371 e. The largest absolute Gasteiger partial charge is 0.371 e. The van der Waals surface area contributed by atoms with E-state index in [2.05, 4.69) is 49.9 Å². The van der Waals surface area contributed by atoms with Gasteiger partial charge in [-0.3, -0.25) is 44.0 Å². The predicted octanol–water partition coefficient (Wildman–Crippen LogP) is 5.44. The molecule has 4 unspecified atom stereocenters. The predicted molar refractivity (Wildman–Crippen MR) is 300 cm³/mol. The van der Waals surface area contributed by atoms with Crippen molar-refractivity contribution in [3.05, 3.63) is 94.3 Å². The molecule has 2 aromatic carbocycles. The van der Waals surface area contributed by atoms with E-state index in [4.69, 9.17) is 4.74 Å². The van der Waals surface area contributed by atoms with Crippen LogP contribution in [0.4, 0.5) is 4.39 Å². The van der Waals surface area contributed by atoms with Crippen molar-refractivity contribution in [2.75, 3.05) is 118 Å². The molecule has 3 N–H and O–H groups in total. The third-order valence-electron chi connectivity index (χ3n) is 18.9. The van der Waals surface area contributed by atoms with Gasteiger partial charge in [-0.15, -0.1) is 0 Å². The lowest BCUT2D eigenvalue weighted by Crippen LogP contribution is -2.56. The summed E-state index contributed by atoms with van der Waals surface area (Å²) in [5, 5.41) is 3.24. The summed E-state index contributed by atoms with van der Waals surface area (Å²) in [7, 11) is 0. The van der Waals surface area contributed by atoms with E-state index in [9.17, 15) is 28.8 Å². The molecule has 0 spiro atoms. The van der Waals surface area contributed by atoms with Crippen LogP contribution in [-0.4, -0.2) is 183 Å². The van der Waals surface area contributed by atoms with Crippen molar-refractivity contribution in [1.29, 1.82) is 0 Å². The lowest BCUT2D eigenvalue weighted by atomic mass is 9.75. The van der Waals surface area contributed by atoms with Crippen molar-refractivity contribution in [2.45, 2.75) is 96.4 Å². The molecule has 3 aliphatic carbocycles. The van der Waals surface area contributed by atoms with Crippen LogP contribution in [-0.2, 0) is 35.9 Å². The molecule has 8 aliphatic rings. The number of nitrogens with zero attached hydrogens (tertiary/aromatic N) is 6. The molecule has 0 bridgehead atoms. The molecule has 2 saturated carbocycles. The Bertz CT molecular complexity index is 2580. The van der Waals surface area contributed by atoms with E-state index in [1.165, 1.54) is 25.3 Å². The first kappa shape index (κ1) is 56.9. The number of carbonyl (C=O) groups excluding carboxylic acids is 6. The van der Waals surface area contributed by atoms with Crippen LogP contribution in [0.15, 0.2) is 66.3 Å². The normalized spacial score (nSPS) is 26.3. The first-order valence-electron chi connectivity index (χ1n) is 30.0. The second-order valence-electron chi connectivity index (χ2n) is 24.7. The number of hydrazine groups is 1. The van der Waals surface area contributed by atoms with E-state index in [0.29, 0.717) is 88.4 Å². The number of halogens is 1. The zero-order valence-corrected chi connectivity index (χ0v) is 46.9. The third-order valence-corrected chi connectivity index (χ3v) is 18.9. The number of rotatable bonds is 19. The highest BCUT2D eigenvalue weighted by molar-refractivity contribution is 5.98. The van der Waals surface area contributed by atoms with Gasteiger partial charge in [-0.25, -0.2) is 9.82 Å². The second kappa shape index (κ2) is 26.1. The van der Waals surface area contributed by atoms with Gasteiger partial charge in [0.2, 0.25) is 11.8 Å². The molecule has 428 valence electrons. The molecule has 10 rings (SSSR count). The van der Waals surface area contributed by atoms with Gasteiger partial charge in [0, 0.05) is 95.6 Å². The van der Waals surface area contributed by atoms with Crippen molar-refractivity contribution in [1.82, 2.24) is 45.6 Å². The van der Waals surface area contributed by atoms with E-state index in [-0.39, 0.29) is 77.1 Å². The highest BCUT2D eigenvalue weighted by atomic mass is 19.1. The topological polar surface area (TPSA) is 167 Å². The average molecular weight is 1090 g/mol. The molecule has 6 fully saturated rings. The quantitative estimate of drug-likeness (QED) is 0.164. The number of carbonyl (C=O) groups is 6. The SMILES string of the molecule is CC1C=CC(C(=O)NC[C@@H](C(=O)CN2CCN(CC3CCN(CC(=O)N4CCN(C(=O)c5cc(CC6(C)NNC(=O)c7ccccc76)ccc5F)CC4)CC3)CC2)C2CCCCC2)=CC1C1CCCN(C(=O)COCC2CC2)C1. The monoisotopic (exact) mass is 1090 g/mol. The maximum absolute atomic E-state index is 15.3. The van der Waals surface area contributed by atoms with Gasteiger partial charge in [-0.1, -0.05) is 68.7 Å². The van der Waals surface area contributed by atoms with Crippen LogP contribution in [0.1, 0.15) is 116 Å². The molecule has 5 heterocycles. The van der Waals surface area contributed by atoms with Crippen molar-refractivity contribution >= 4 is 35.3 Å². The van der Waals surface area contributed by atoms with Gasteiger partial charge in [0.1, 0.15) is 12.4 Å². The summed E-state index contributed by atoms with van der Waals surface area (Å²) in [6.07, 6.45) is 18.6. The average Bonchev–Trinajstić information content (AvgIpc) is 4.36. The van der Waals surface area contributed by atoms with Crippen LogP contribution in [0.2, 0.25) is 0 Å². The molecular weight excluding hydrogens is 1000 g/mol. The Balaban J connectivity index is 0.630. The molecule has 2 aromatic rings. The Kier molecular flexibility index (Phi) is 18.8. The highest BCUT2D eigenvalue weighted by Gasteiger charge is 2.38. The third kappa shape index (κ3) is 14.4. The van der Waals surface area contributed by atoms with Crippen molar-refractivity contribution in [3.8, 4) is 0 Å². The summed E-state index contributed by atoms with van der Waals surface area (Å²) in [4.78, 5) is 93.5. The molecule has 5 amide bonds. The van der Waals surface area contributed by atoms with Gasteiger partial charge in [-0.05, 0) is 143 Å². The van der Waals surface area contributed by atoms with E-state index in [0.717, 1.165) is 115 Å². The summed E-state index contributed by atoms with van der Waals surface area (Å²) in [6, 6.07) is 12.0. The van der Waals surface area contributed by atoms with Gasteiger partial charge < -0.3 is 29.7 Å². The van der Waals surface area contributed by atoms with Crippen LogP contribution < -0.4 is 16.2 Å². The molecule has 0 aromatic heterocycles. The molecule has 0 radical (unpaired) electrons. The molecular formula is C62H86FN9O7. The Morgan fingerprint density at radius 1 is 0.759 bits per heavy atom. The number of piperidine rings is 2. The number of allylic oxidation sites excluding steroid dienone is 2. The summed E-state index contributed by atoms with van der Waals surface area (Å²) in [6.45, 7) is 15.3. The Morgan fingerprint density at radius 3 is 2.24 bits per heavy atom. The molecule has 4 saturated heterocycles. The Hall–Kier alpha value is -5.33. The fourth-order valence-electron chi connectivity index (χ4n) is 13.8. The number of nitrogens with one attached hydrogen (secondary N) is 3. The lowest BCUT2D eigenvalue weighted by molar-refractivity contribution is -0.138. The molecule has 17 heteroatoms. The second-order valence-corrected chi connectivity index (χ2v) is 24.7. The van der Waals surface area contributed by atoms with Gasteiger partial charge in [0.25, 0.3) is 17.7 Å². The summed E-state index contributed by atoms with van der Waals surface area (Å²) < 4.78 is 21.0. The fourth-order valence-corrected chi connectivity index (χ4v) is 13.8. The maximum Gasteiger partial charge on any atom is 0.265 e. The van der Waals surface area contributed by atoms with Crippen LogP contribution in [0.25, 0.3) is 0 Å². The van der Waals surface area contributed by atoms with Crippen molar-refractivity contribution in [3.63, 3.8) is 0 Å². The first-order valence-corrected chi connectivity index (χ1v) is 30.0. The lowest BCUT2D eigenvalue weighted by Gasteiger charge is -2.40. The van der Waals surface area contributed by atoms with Gasteiger partial charge in [0.15, 0.2) is 5.78 Å². The van der Waals surface area contributed by atoms with Crippen LogP contribution in [0.3, 0.4) is 0 Å². The number of piperazine rings is 2. The van der Waals surface area contributed by atoms with Crippen LogP contribution in [0.5, 0.6) is 0 Å². The summed E-state index contributed by atoms with van der Waals surface area (Å²) in [5.41, 5.74) is 8.03. The minimum absolute atomic E-state index is 0.00516. The molecule has 79 heavy (non-hydrogen) atoms. The van der Waals surface area contributed by atoms with E-state index in [1.54, 1.807) is 23.1 Å². The Labute approximate surface area is 467 Å². The highest BCUT2D eigenvalue weighted by Crippen LogP contribution is 2.37. The molecule has 5 aliphatic heterocycles. The zero-order valence-electron chi connectivity index (χ0n) is 46.9. The summed E-state index contributed by atoms with van der Waals surface area (Å²) >= 11 is 0. The minimum atomic E-state index is -0.666.